The van der Waals surface area contributed by atoms with Gasteiger partial charge in [-0.15, -0.1) is 0 Å². The molecule has 1 aliphatic carbocycles. The summed E-state index contributed by atoms with van der Waals surface area (Å²) < 4.78 is 8.91. The van der Waals surface area contributed by atoms with E-state index in [-0.39, 0.29) is 26.6 Å². The molecule has 2 atom stereocenters. The summed E-state index contributed by atoms with van der Waals surface area (Å²) in [6, 6.07) is 3.60. The summed E-state index contributed by atoms with van der Waals surface area (Å²) in [4.78, 5) is 11.8. The third-order valence-electron chi connectivity index (χ3n) is 4.91. The first kappa shape index (κ1) is 17.9. The number of hydrogen-bond acceptors (Lipinski definition) is 3. The molecule has 0 spiro atoms. The van der Waals surface area contributed by atoms with Gasteiger partial charge in [-0.2, -0.15) is 0 Å². The number of ether oxygens (including phenoxy) is 1. The maximum atomic E-state index is 11.8. The molecule has 2 aromatic heterocycles. The van der Waals surface area contributed by atoms with Crippen LogP contribution >= 0.6 is 15.9 Å². The molecule has 24 heavy (non-hydrogen) atoms. The number of nitrogens with zero attached hydrogens (tertiary/aromatic N) is 1. The molecule has 0 aliphatic heterocycles. The second-order valence-electron chi connectivity index (χ2n) is 6.34. The molecule has 2 unspecified atom stereocenters. The first-order chi connectivity index (χ1) is 11.4. The first-order valence-electron chi connectivity index (χ1n) is 8.02. The van der Waals surface area contributed by atoms with Gasteiger partial charge in [0.05, 0.1) is 0 Å². The molecule has 0 bridgehead atoms. The maximum absolute atomic E-state index is 11.8. The number of carbonyl (C=O) groups is 1. The Hall–Kier alpha value is -0.941. The van der Waals surface area contributed by atoms with Gasteiger partial charge in [0.2, 0.25) is 0 Å². The van der Waals surface area contributed by atoms with Crippen molar-refractivity contribution in [2.75, 3.05) is 7.11 Å². The summed E-state index contributed by atoms with van der Waals surface area (Å²) in [6.07, 6.45) is 5.28. The second kappa shape index (κ2) is 6.75. The van der Waals surface area contributed by atoms with E-state index in [1.807, 2.05) is 12.3 Å². The van der Waals surface area contributed by atoms with Crippen LogP contribution in [0.4, 0.5) is 0 Å². The number of pyridine rings is 1. The molecule has 6 heteroatoms. The van der Waals surface area contributed by atoms with Crippen molar-refractivity contribution >= 4 is 42.1 Å². The Bertz CT molecular complexity index is 816. The van der Waals surface area contributed by atoms with Crippen LogP contribution in [0.3, 0.4) is 0 Å². The van der Waals surface area contributed by atoms with E-state index < -0.39 is 5.60 Å². The monoisotopic (exact) mass is 458 g/mol. The molecule has 0 radical (unpaired) electrons. The first-order valence-corrected chi connectivity index (χ1v) is 10.4. The van der Waals surface area contributed by atoms with Gasteiger partial charge in [-0.25, -0.2) is 0 Å². The predicted molar refractivity (Wildman–Crippen MR) is 96.3 cm³/mol. The number of hydrogen-bond donors (Lipinski definition) is 1. The van der Waals surface area contributed by atoms with E-state index in [9.17, 15) is 9.90 Å². The van der Waals surface area contributed by atoms with Crippen LogP contribution in [-0.2, 0) is 10.3 Å². The molecule has 0 saturated heterocycles. The number of fused-ring (bicyclic) bond motifs is 1. The molecule has 1 N–H and O–H groups in total. The second-order valence-corrected chi connectivity index (χ2v) is 9.19. The van der Waals surface area contributed by atoms with Crippen molar-refractivity contribution in [1.29, 1.82) is 0 Å². The Morgan fingerprint density at radius 3 is 3.04 bits per heavy atom. The molecule has 0 amide bonds. The van der Waals surface area contributed by atoms with Crippen LogP contribution in [0.5, 0.6) is 0 Å². The van der Waals surface area contributed by atoms with E-state index in [0.29, 0.717) is 5.56 Å². The summed E-state index contributed by atoms with van der Waals surface area (Å²) in [5, 5.41) is 11.5. The molecule has 3 rings (SSSR count). The third-order valence-corrected chi connectivity index (χ3v) is 8.94. The van der Waals surface area contributed by atoms with Crippen molar-refractivity contribution < 1.29 is 18.0 Å². The van der Waals surface area contributed by atoms with Crippen molar-refractivity contribution in [3.63, 3.8) is 0 Å². The fourth-order valence-electron chi connectivity index (χ4n) is 3.47. The van der Waals surface area contributed by atoms with Gasteiger partial charge in [-0.1, -0.05) is 0 Å². The Balaban J connectivity index is 2.11. The molecule has 1 fully saturated rings. The van der Waals surface area contributed by atoms with Gasteiger partial charge >= 0.3 is 156 Å². The zero-order valence-electron chi connectivity index (χ0n) is 13.8. The number of allylic oxidation sites excluding steroid dienone is 1. The molecule has 1 aliphatic rings. The van der Waals surface area contributed by atoms with Gasteiger partial charge in [0.15, 0.2) is 0 Å². The predicted octanol–water partition coefficient (Wildman–Crippen LogP) is 2.99. The summed E-state index contributed by atoms with van der Waals surface area (Å²) in [5.41, 5.74) is 1.88. The Kier molecular flexibility index (Phi) is 5.03. The van der Waals surface area contributed by atoms with Gasteiger partial charge in [-0.05, 0) is 0 Å². The van der Waals surface area contributed by atoms with Gasteiger partial charge in [-0.3, -0.25) is 0 Å². The van der Waals surface area contributed by atoms with Crippen LogP contribution in [0.2, 0.25) is 0 Å². The quantitative estimate of drug-likeness (QED) is 0.437. The summed E-state index contributed by atoms with van der Waals surface area (Å²) in [5.74, 6) is -0.156. The van der Waals surface area contributed by atoms with E-state index in [1.54, 1.807) is 6.07 Å². The topological polar surface area (TPSA) is 50.6 Å². The number of esters is 1. The average Bonchev–Trinajstić information content (AvgIpc) is 2.93. The third kappa shape index (κ3) is 2.90. The minimum atomic E-state index is -0.799. The molecular weight excluding hydrogens is 437 g/mol. The van der Waals surface area contributed by atoms with Crippen LogP contribution in [0.15, 0.2) is 35.0 Å². The minimum absolute atomic E-state index is 0.0241. The molecular formula is C18H21BrNO3Se+. The van der Waals surface area contributed by atoms with Crippen molar-refractivity contribution in [3.05, 3.63) is 45.0 Å². The molecule has 2 aromatic rings. The fourth-order valence-corrected chi connectivity index (χ4v) is 7.22. The molecule has 2 heterocycles. The number of halogens is 1. The standard InChI is InChI=1S/C18H21BrNO3Se/c1-4-13-9-11(2)5-7-18(13,22)16-15(19)14-10-12(17(21)23-3)6-8-20(14)24-16/h6,8,10,13,22H,2,4-5,7,9H2,1,3H3/q+1. The van der Waals surface area contributed by atoms with Crippen LogP contribution in [-0.4, -0.2) is 32.9 Å². The van der Waals surface area contributed by atoms with Crippen LogP contribution in [0.1, 0.15) is 47.4 Å². The number of aliphatic hydroxyl groups is 1. The van der Waals surface area contributed by atoms with Crippen molar-refractivity contribution in [1.82, 2.24) is 0 Å². The van der Waals surface area contributed by atoms with Gasteiger partial charge in [0.25, 0.3) is 0 Å². The van der Waals surface area contributed by atoms with Crippen LogP contribution in [0, 0.1) is 5.92 Å². The van der Waals surface area contributed by atoms with E-state index in [4.69, 9.17) is 4.74 Å². The number of carbonyl (C=O) groups excluding carboxylic acids is 1. The summed E-state index contributed by atoms with van der Waals surface area (Å²) in [6.45, 7) is 6.24. The SMILES string of the molecule is C=C1CCC(O)(c2[se][n+]3ccc(C(=O)OC)cc3c2Br)C(CC)C1. The van der Waals surface area contributed by atoms with Crippen LogP contribution < -0.4 is 3.40 Å². The Labute approximate surface area is 156 Å². The van der Waals surface area contributed by atoms with E-state index in [2.05, 4.69) is 32.8 Å². The van der Waals surface area contributed by atoms with Crippen molar-refractivity contribution in [2.24, 2.45) is 5.92 Å². The number of rotatable bonds is 3. The van der Waals surface area contributed by atoms with E-state index in [0.717, 1.165) is 40.1 Å². The van der Waals surface area contributed by atoms with Gasteiger partial charge in [0, 0.05) is 0 Å². The van der Waals surface area contributed by atoms with E-state index in [1.165, 1.54) is 12.7 Å². The van der Waals surface area contributed by atoms with Crippen molar-refractivity contribution in [3.8, 4) is 0 Å². The molecule has 1 saturated carbocycles. The summed E-state index contributed by atoms with van der Waals surface area (Å²) >= 11 is 3.67. The molecule has 4 nitrogen and oxygen atoms in total. The molecule has 0 aromatic carbocycles. The zero-order valence-corrected chi connectivity index (χ0v) is 17.1. The van der Waals surface area contributed by atoms with Crippen molar-refractivity contribution in [2.45, 2.75) is 38.2 Å². The van der Waals surface area contributed by atoms with Crippen LogP contribution in [0.25, 0.3) is 5.52 Å². The van der Waals surface area contributed by atoms with Gasteiger partial charge in [0.1, 0.15) is 0 Å². The zero-order chi connectivity index (χ0) is 17.5. The fraction of sp³-hybridized carbons (Fsp3) is 0.444. The van der Waals surface area contributed by atoms with E-state index >= 15 is 0 Å². The summed E-state index contributed by atoms with van der Waals surface area (Å²) in [7, 11) is 1.38. The normalized spacial score (nSPS) is 24.3. The Morgan fingerprint density at radius 2 is 2.38 bits per heavy atom. The van der Waals surface area contributed by atoms with Gasteiger partial charge < -0.3 is 0 Å². The Morgan fingerprint density at radius 1 is 1.62 bits per heavy atom. The number of aromatic nitrogens is 1. The average molecular weight is 458 g/mol. The number of methoxy groups -OCH3 is 1. The molecule has 128 valence electrons.